The van der Waals surface area contributed by atoms with E-state index in [1.54, 1.807) is 13.3 Å². The molecule has 2 N–H and O–H groups in total. The monoisotopic (exact) mass is 499 g/mol. The minimum Gasteiger partial charge on any atom is -0.497 e. The van der Waals surface area contributed by atoms with E-state index < -0.39 is 0 Å². The predicted octanol–water partition coefficient (Wildman–Crippen LogP) is 4.96. The number of anilines is 1. The van der Waals surface area contributed by atoms with Gasteiger partial charge in [-0.15, -0.1) is 11.8 Å². The third-order valence-electron chi connectivity index (χ3n) is 8.13. The highest BCUT2D eigenvalue weighted by atomic mass is 32.2. The zero-order valence-electron chi connectivity index (χ0n) is 20.8. The lowest BCUT2D eigenvalue weighted by atomic mass is 9.95. The quantitative estimate of drug-likeness (QED) is 0.476. The number of nitriles is 1. The van der Waals surface area contributed by atoms with Crippen LogP contribution < -0.4 is 15.4 Å². The first-order valence-electron chi connectivity index (χ1n) is 13.1. The van der Waals surface area contributed by atoms with Crippen LogP contribution >= 0.6 is 11.8 Å². The summed E-state index contributed by atoms with van der Waals surface area (Å²) in [6.45, 7) is 2.97. The van der Waals surface area contributed by atoms with Gasteiger partial charge in [0.2, 0.25) is 0 Å². The minimum absolute atomic E-state index is 0.567. The van der Waals surface area contributed by atoms with Gasteiger partial charge in [0.05, 0.1) is 18.2 Å². The van der Waals surface area contributed by atoms with Crippen LogP contribution in [0.3, 0.4) is 0 Å². The van der Waals surface area contributed by atoms with E-state index in [1.807, 2.05) is 30.0 Å². The second-order valence-corrected chi connectivity index (χ2v) is 11.3. The smallest absolute Gasteiger partial charge is 0.119 e. The second-order valence-electron chi connectivity index (χ2n) is 10.2. The van der Waals surface area contributed by atoms with Crippen molar-refractivity contribution in [1.29, 1.82) is 5.26 Å². The Kier molecular flexibility index (Phi) is 6.75. The number of rotatable bonds is 7. The van der Waals surface area contributed by atoms with Gasteiger partial charge in [-0.3, -0.25) is 9.88 Å². The summed E-state index contributed by atoms with van der Waals surface area (Å²) in [5.41, 5.74) is 5.35. The fourth-order valence-electron chi connectivity index (χ4n) is 6.33. The highest BCUT2D eigenvalue weighted by molar-refractivity contribution is 7.99. The Morgan fingerprint density at radius 2 is 2.06 bits per heavy atom. The fraction of sp³-hybridized carbons (Fsp3) is 0.448. The molecule has 2 aromatic carbocycles. The molecule has 2 saturated heterocycles. The van der Waals surface area contributed by atoms with Crippen molar-refractivity contribution in [2.24, 2.45) is 0 Å². The maximum atomic E-state index is 9.76. The number of thioether (sulfide) groups is 1. The largest absolute Gasteiger partial charge is 0.497 e. The van der Waals surface area contributed by atoms with Crippen LogP contribution in [0, 0.1) is 11.3 Å². The highest BCUT2D eigenvalue weighted by Crippen LogP contribution is 2.37. The lowest BCUT2D eigenvalue weighted by Crippen LogP contribution is -2.49. The Hall–Kier alpha value is -2.79. The van der Waals surface area contributed by atoms with Crippen molar-refractivity contribution in [3.8, 4) is 11.8 Å². The van der Waals surface area contributed by atoms with E-state index >= 15 is 0 Å². The van der Waals surface area contributed by atoms with E-state index in [9.17, 15) is 5.26 Å². The Morgan fingerprint density at radius 3 is 2.86 bits per heavy atom. The molecule has 0 spiro atoms. The van der Waals surface area contributed by atoms with Gasteiger partial charge in [0, 0.05) is 65.7 Å². The van der Waals surface area contributed by atoms with E-state index in [0.29, 0.717) is 23.7 Å². The van der Waals surface area contributed by atoms with Crippen LogP contribution in [-0.2, 0) is 13.0 Å². The first-order valence-corrected chi connectivity index (χ1v) is 14.0. The van der Waals surface area contributed by atoms with Crippen LogP contribution in [0.15, 0.2) is 47.5 Å². The lowest BCUT2D eigenvalue weighted by molar-refractivity contribution is 0.118. The first-order chi connectivity index (χ1) is 17.7. The molecule has 186 valence electrons. The van der Waals surface area contributed by atoms with Crippen molar-refractivity contribution in [2.45, 2.75) is 61.7 Å². The van der Waals surface area contributed by atoms with Crippen molar-refractivity contribution in [3.63, 3.8) is 0 Å². The molecule has 2 unspecified atom stereocenters. The van der Waals surface area contributed by atoms with Crippen molar-refractivity contribution in [1.82, 2.24) is 15.2 Å². The van der Waals surface area contributed by atoms with Crippen molar-refractivity contribution >= 4 is 28.4 Å². The van der Waals surface area contributed by atoms with Crippen LogP contribution in [0.4, 0.5) is 5.69 Å². The third kappa shape index (κ3) is 4.66. The summed E-state index contributed by atoms with van der Waals surface area (Å²) in [6.07, 6.45) is 7.54. The van der Waals surface area contributed by atoms with E-state index in [-0.39, 0.29) is 0 Å². The summed E-state index contributed by atoms with van der Waals surface area (Å²) in [5, 5.41) is 18.2. The summed E-state index contributed by atoms with van der Waals surface area (Å²) in [4.78, 5) is 8.58. The molecule has 4 heterocycles. The van der Waals surface area contributed by atoms with Gasteiger partial charge in [-0.2, -0.15) is 5.26 Å². The van der Waals surface area contributed by atoms with Gasteiger partial charge in [-0.25, -0.2) is 0 Å². The summed E-state index contributed by atoms with van der Waals surface area (Å²) >= 11 is 1.94. The van der Waals surface area contributed by atoms with E-state index in [2.05, 4.69) is 44.8 Å². The molecule has 6 rings (SSSR count). The molecule has 0 amide bonds. The Morgan fingerprint density at radius 1 is 1.19 bits per heavy atom. The Balaban J connectivity index is 1.10. The highest BCUT2D eigenvalue weighted by Gasteiger charge is 2.40. The van der Waals surface area contributed by atoms with Crippen molar-refractivity contribution < 1.29 is 4.74 Å². The normalized spacial score (nSPS) is 23.2. The van der Waals surface area contributed by atoms with Gasteiger partial charge < -0.3 is 15.4 Å². The summed E-state index contributed by atoms with van der Waals surface area (Å²) in [7, 11) is 1.68. The van der Waals surface area contributed by atoms with Crippen LogP contribution in [0.2, 0.25) is 0 Å². The van der Waals surface area contributed by atoms with Crippen LogP contribution in [0.5, 0.6) is 5.75 Å². The summed E-state index contributed by atoms with van der Waals surface area (Å²) in [5.74, 6) is 1.95. The number of benzene rings is 2. The maximum Gasteiger partial charge on any atom is 0.119 e. The van der Waals surface area contributed by atoms with Gasteiger partial charge in [0.1, 0.15) is 11.8 Å². The Bertz CT molecular complexity index is 1290. The van der Waals surface area contributed by atoms with Gasteiger partial charge in [-0.05, 0) is 73.6 Å². The first kappa shape index (κ1) is 23.6. The molecular formula is C29H33N5OS. The zero-order valence-corrected chi connectivity index (χ0v) is 21.6. The number of fused-ring (bicyclic) bond motifs is 4. The van der Waals surface area contributed by atoms with E-state index in [4.69, 9.17) is 4.74 Å². The molecule has 0 saturated carbocycles. The standard InChI is InChI=1S/C29H33N5OS/c1-35-24-5-6-27-26(15-24)25(20(16-30)18-33-27)8-10-34-22-3-4-23(34)14-21(13-22)32-17-19-2-7-29-28(12-19)31-9-11-36-29/h2,5-7,12,15,18,21-23,31-32H,3-4,8-11,13-14,17H2,1H3. The van der Waals surface area contributed by atoms with Gasteiger partial charge in [-0.1, -0.05) is 6.07 Å². The molecule has 2 atom stereocenters. The lowest BCUT2D eigenvalue weighted by Gasteiger charge is -2.39. The summed E-state index contributed by atoms with van der Waals surface area (Å²) < 4.78 is 5.45. The Labute approximate surface area is 217 Å². The average molecular weight is 500 g/mol. The molecule has 3 aromatic rings. The molecule has 7 heteroatoms. The molecule has 1 aromatic heterocycles. The zero-order chi connectivity index (χ0) is 24.5. The number of nitrogens with zero attached hydrogens (tertiary/aromatic N) is 3. The van der Waals surface area contributed by atoms with Gasteiger partial charge >= 0.3 is 0 Å². The van der Waals surface area contributed by atoms with Crippen LogP contribution in [-0.4, -0.2) is 54.0 Å². The number of piperidine rings is 1. The number of nitrogens with one attached hydrogen (secondary N) is 2. The number of aromatic nitrogens is 1. The number of hydrogen-bond donors (Lipinski definition) is 2. The third-order valence-corrected chi connectivity index (χ3v) is 9.20. The van der Waals surface area contributed by atoms with Crippen LogP contribution in [0.25, 0.3) is 10.9 Å². The number of hydrogen-bond acceptors (Lipinski definition) is 7. The number of ether oxygens (including phenoxy) is 1. The van der Waals surface area contributed by atoms with E-state index in [1.165, 1.54) is 41.8 Å². The van der Waals surface area contributed by atoms with Crippen LogP contribution in [0.1, 0.15) is 42.4 Å². The minimum atomic E-state index is 0.567. The SMILES string of the molecule is COc1ccc2ncc(C#N)c(CCN3C4CCC3CC(NCc3ccc5c(c3)NCCS5)C4)c2c1. The molecule has 3 aliphatic heterocycles. The molecule has 3 aliphatic rings. The van der Waals surface area contributed by atoms with Crippen molar-refractivity contribution in [2.75, 3.05) is 31.3 Å². The molecule has 2 bridgehead atoms. The molecular weight excluding hydrogens is 466 g/mol. The fourth-order valence-corrected chi connectivity index (χ4v) is 7.20. The topological polar surface area (TPSA) is 73.2 Å². The van der Waals surface area contributed by atoms with Gasteiger partial charge in [0.25, 0.3) is 0 Å². The predicted molar refractivity (Wildman–Crippen MR) is 146 cm³/mol. The second kappa shape index (κ2) is 10.3. The molecule has 0 aliphatic carbocycles. The summed E-state index contributed by atoms with van der Waals surface area (Å²) in [6, 6.07) is 17.0. The van der Waals surface area contributed by atoms with Gasteiger partial charge in [0.15, 0.2) is 0 Å². The van der Waals surface area contributed by atoms with E-state index in [0.717, 1.165) is 54.0 Å². The number of pyridine rings is 1. The maximum absolute atomic E-state index is 9.76. The molecule has 0 radical (unpaired) electrons. The average Bonchev–Trinajstić information content (AvgIpc) is 3.16. The number of methoxy groups -OCH3 is 1. The molecule has 2 fully saturated rings. The molecule has 36 heavy (non-hydrogen) atoms. The van der Waals surface area contributed by atoms with Crippen molar-refractivity contribution in [3.05, 3.63) is 59.3 Å². The molecule has 6 nitrogen and oxygen atoms in total.